The van der Waals surface area contributed by atoms with Gasteiger partial charge in [0.15, 0.2) is 0 Å². The van der Waals surface area contributed by atoms with Crippen molar-refractivity contribution in [3.05, 3.63) is 34.3 Å². The number of carbonyl (C=O) groups is 1. The van der Waals surface area contributed by atoms with Gasteiger partial charge in [-0.2, -0.15) is 0 Å². The van der Waals surface area contributed by atoms with E-state index in [1.165, 1.54) is 0 Å². The lowest BCUT2D eigenvalue weighted by atomic mass is 9.61. The summed E-state index contributed by atoms with van der Waals surface area (Å²) in [6.45, 7) is 0. The molecule has 0 aromatic heterocycles. The van der Waals surface area contributed by atoms with E-state index in [1.807, 2.05) is 5.43 Å². The van der Waals surface area contributed by atoms with E-state index in [9.17, 15) is 13.6 Å². The molecule has 0 saturated heterocycles. The van der Waals surface area contributed by atoms with E-state index in [-0.39, 0.29) is 0 Å². The molecule has 1 aliphatic rings. The molecule has 1 saturated carbocycles. The third-order valence-corrected chi connectivity index (χ3v) is 3.56. The zero-order valence-electron chi connectivity index (χ0n) is 8.84. The molecule has 0 unspecified atom stereocenters. The predicted octanol–water partition coefficient (Wildman–Crippen LogP) is 2.11. The van der Waals surface area contributed by atoms with Crippen LogP contribution in [-0.2, 0) is 10.2 Å². The van der Waals surface area contributed by atoms with Crippen LogP contribution in [0.5, 0.6) is 0 Å². The Bertz CT molecular complexity index is 457. The van der Waals surface area contributed by atoms with Gasteiger partial charge in [0.05, 0.1) is 5.41 Å². The first kappa shape index (κ1) is 12.4. The molecule has 2 rings (SSSR count). The Morgan fingerprint density at radius 3 is 2.53 bits per heavy atom. The maximum atomic E-state index is 13.1. The van der Waals surface area contributed by atoms with Crippen LogP contribution in [0.3, 0.4) is 0 Å². The standard InChI is InChI=1S/C11H11BrF2N2O/c12-8-3-1-2-7(4-8)10(9(17)16-15)5-11(13,14)6-10/h1-4H,5-6,15H2,(H,16,17). The number of rotatable bonds is 2. The molecule has 1 aromatic carbocycles. The fourth-order valence-corrected chi connectivity index (χ4v) is 2.65. The molecule has 1 amide bonds. The molecule has 0 heterocycles. The van der Waals surface area contributed by atoms with E-state index in [4.69, 9.17) is 5.84 Å². The van der Waals surface area contributed by atoms with E-state index in [1.54, 1.807) is 24.3 Å². The van der Waals surface area contributed by atoms with E-state index in [2.05, 4.69) is 15.9 Å². The molecule has 1 aliphatic carbocycles. The van der Waals surface area contributed by atoms with Crippen LogP contribution in [0.1, 0.15) is 18.4 Å². The smallest absolute Gasteiger partial charge is 0.250 e. The summed E-state index contributed by atoms with van der Waals surface area (Å²) in [5.41, 5.74) is 1.33. The van der Waals surface area contributed by atoms with Crippen LogP contribution in [0.25, 0.3) is 0 Å². The van der Waals surface area contributed by atoms with Gasteiger partial charge >= 0.3 is 0 Å². The summed E-state index contributed by atoms with van der Waals surface area (Å²) >= 11 is 3.26. The minimum Gasteiger partial charge on any atom is -0.293 e. The molecule has 92 valence electrons. The monoisotopic (exact) mass is 304 g/mol. The van der Waals surface area contributed by atoms with E-state index < -0.39 is 30.1 Å². The Morgan fingerprint density at radius 2 is 2.06 bits per heavy atom. The van der Waals surface area contributed by atoms with Crippen molar-refractivity contribution in [1.29, 1.82) is 0 Å². The molecule has 0 aliphatic heterocycles. The number of nitrogens with one attached hydrogen (secondary N) is 1. The number of halogens is 3. The van der Waals surface area contributed by atoms with Gasteiger partial charge in [-0.15, -0.1) is 0 Å². The molecule has 17 heavy (non-hydrogen) atoms. The van der Waals surface area contributed by atoms with Crippen LogP contribution in [-0.4, -0.2) is 11.8 Å². The highest BCUT2D eigenvalue weighted by atomic mass is 79.9. The summed E-state index contributed by atoms with van der Waals surface area (Å²) < 4.78 is 26.9. The van der Waals surface area contributed by atoms with E-state index in [0.717, 1.165) is 4.47 Å². The van der Waals surface area contributed by atoms with Crippen molar-refractivity contribution in [1.82, 2.24) is 5.43 Å². The summed E-state index contributed by atoms with van der Waals surface area (Å²) in [7, 11) is 0. The van der Waals surface area contributed by atoms with Crippen LogP contribution < -0.4 is 11.3 Å². The molecule has 3 nitrogen and oxygen atoms in total. The van der Waals surface area contributed by atoms with Gasteiger partial charge in [0.25, 0.3) is 5.92 Å². The largest absolute Gasteiger partial charge is 0.293 e. The van der Waals surface area contributed by atoms with Crippen LogP contribution in [0, 0.1) is 0 Å². The number of carbonyl (C=O) groups excluding carboxylic acids is 1. The molecule has 0 atom stereocenters. The van der Waals surface area contributed by atoms with Gasteiger partial charge in [-0.3, -0.25) is 10.2 Å². The lowest BCUT2D eigenvalue weighted by Gasteiger charge is -2.45. The minimum atomic E-state index is -2.80. The van der Waals surface area contributed by atoms with Gasteiger partial charge in [-0.25, -0.2) is 14.6 Å². The molecule has 0 radical (unpaired) electrons. The van der Waals surface area contributed by atoms with Crippen molar-refractivity contribution in [3.8, 4) is 0 Å². The SMILES string of the molecule is NNC(=O)C1(c2cccc(Br)c2)CC(F)(F)C1. The Kier molecular flexibility index (Phi) is 2.95. The topological polar surface area (TPSA) is 55.1 Å². The highest BCUT2D eigenvalue weighted by molar-refractivity contribution is 9.10. The van der Waals surface area contributed by atoms with Crippen molar-refractivity contribution >= 4 is 21.8 Å². The summed E-state index contributed by atoms with van der Waals surface area (Å²) in [4.78, 5) is 11.7. The molecule has 1 fully saturated rings. The third-order valence-electron chi connectivity index (χ3n) is 3.06. The third kappa shape index (κ3) is 2.07. The van der Waals surface area contributed by atoms with Gasteiger partial charge in [0.2, 0.25) is 5.91 Å². The highest BCUT2D eigenvalue weighted by Crippen LogP contribution is 2.53. The second-order valence-corrected chi connectivity index (χ2v) is 5.19. The number of hydrogen-bond acceptors (Lipinski definition) is 2. The van der Waals surface area contributed by atoms with Crippen LogP contribution in [0.4, 0.5) is 8.78 Å². The lowest BCUT2D eigenvalue weighted by Crippen LogP contribution is -2.59. The van der Waals surface area contributed by atoms with Crippen LogP contribution in [0.2, 0.25) is 0 Å². The highest BCUT2D eigenvalue weighted by Gasteiger charge is 2.61. The van der Waals surface area contributed by atoms with Crippen LogP contribution in [0.15, 0.2) is 28.7 Å². The number of amides is 1. The van der Waals surface area contributed by atoms with Crippen molar-refractivity contribution in [2.24, 2.45) is 5.84 Å². The zero-order valence-corrected chi connectivity index (χ0v) is 10.4. The molecule has 0 spiro atoms. The number of alkyl halides is 2. The van der Waals surface area contributed by atoms with E-state index in [0.29, 0.717) is 5.56 Å². The van der Waals surface area contributed by atoms with Gasteiger partial charge in [0.1, 0.15) is 0 Å². The average Bonchev–Trinajstić information content (AvgIpc) is 2.24. The van der Waals surface area contributed by atoms with Crippen molar-refractivity contribution in [3.63, 3.8) is 0 Å². The number of hydrazine groups is 1. The second kappa shape index (κ2) is 4.03. The molecule has 0 bridgehead atoms. The van der Waals surface area contributed by atoms with Crippen molar-refractivity contribution in [2.45, 2.75) is 24.2 Å². The molecule has 1 aromatic rings. The molecular formula is C11H11BrF2N2O. The van der Waals surface area contributed by atoms with E-state index >= 15 is 0 Å². The maximum Gasteiger partial charge on any atom is 0.250 e. The molecule has 6 heteroatoms. The Labute approximate surface area is 105 Å². The van der Waals surface area contributed by atoms with Gasteiger partial charge in [0, 0.05) is 17.3 Å². The Morgan fingerprint density at radius 1 is 1.41 bits per heavy atom. The van der Waals surface area contributed by atoms with Gasteiger partial charge in [-0.05, 0) is 17.7 Å². The maximum absolute atomic E-state index is 13.1. The summed E-state index contributed by atoms with van der Waals surface area (Å²) in [6.07, 6.45) is -1.00. The number of nitrogens with two attached hydrogens (primary N) is 1. The number of hydrogen-bond donors (Lipinski definition) is 2. The summed E-state index contributed by atoms with van der Waals surface area (Å²) in [5, 5.41) is 0. The zero-order chi connectivity index (χ0) is 12.7. The quantitative estimate of drug-likeness (QED) is 0.499. The molecular weight excluding hydrogens is 294 g/mol. The first-order valence-electron chi connectivity index (χ1n) is 5.05. The van der Waals surface area contributed by atoms with Gasteiger partial charge in [-0.1, -0.05) is 28.1 Å². The lowest BCUT2D eigenvalue weighted by molar-refractivity contribution is -0.159. The summed E-state index contributed by atoms with van der Waals surface area (Å²) in [5.74, 6) is 1.71. The normalized spacial score (nSPS) is 20.5. The first-order valence-corrected chi connectivity index (χ1v) is 5.84. The first-order chi connectivity index (χ1) is 7.89. The Balaban J connectivity index is 2.40. The average molecular weight is 305 g/mol. The Hall–Kier alpha value is -1.01. The fraction of sp³-hybridized carbons (Fsp3) is 0.364. The van der Waals surface area contributed by atoms with Crippen molar-refractivity contribution in [2.75, 3.05) is 0 Å². The fourth-order valence-electron chi connectivity index (χ4n) is 2.25. The predicted molar refractivity (Wildman–Crippen MR) is 62.3 cm³/mol. The van der Waals surface area contributed by atoms with Crippen LogP contribution >= 0.6 is 15.9 Å². The number of benzene rings is 1. The minimum absolute atomic E-state index is 0.501. The van der Waals surface area contributed by atoms with Crippen molar-refractivity contribution < 1.29 is 13.6 Å². The summed E-state index contributed by atoms with van der Waals surface area (Å²) in [6, 6.07) is 6.81. The second-order valence-electron chi connectivity index (χ2n) is 4.28. The van der Waals surface area contributed by atoms with Gasteiger partial charge < -0.3 is 0 Å². The molecule has 3 N–H and O–H groups in total.